The van der Waals surface area contributed by atoms with Crippen molar-refractivity contribution in [2.75, 3.05) is 19.6 Å². The van der Waals surface area contributed by atoms with Crippen molar-refractivity contribution in [3.05, 3.63) is 29.6 Å². The lowest BCUT2D eigenvalue weighted by Gasteiger charge is -2.13. The van der Waals surface area contributed by atoms with Gasteiger partial charge in [-0.2, -0.15) is 0 Å². The number of nitrogens with zero attached hydrogens (tertiary/aromatic N) is 2. The van der Waals surface area contributed by atoms with Crippen LogP contribution in [0, 0.1) is 6.92 Å². The topological polar surface area (TPSA) is 16.1 Å². The Morgan fingerprint density at radius 2 is 2.07 bits per heavy atom. The normalized spacial score (nSPS) is 17.5. The van der Waals surface area contributed by atoms with Crippen LogP contribution in [0.15, 0.2) is 18.3 Å². The first-order valence-corrected chi connectivity index (χ1v) is 5.48. The minimum Gasteiger partial charge on any atom is -0.303 e. The summed E-state index contributed by atoms with van der Waals surface area (Å²) in [5, 5.41) is 0. The Labute approximate surface area is 86.0 Å². The highest BCUT2D eigenvalue weighted by Crippen LogP contribution is 2.08. The lowest BCUT2D eigenvalue weighted by molar-refractivity contribution is 0.343. The van der Waals surface area contributed by atoms with Crippen molar-refractivity contribution in [1.29, 1.82) is 0 Å². The van der Waals surface area contributed by atoms with E-state index in [9.17, 15) is 0 Å². The van der Waals surface area contributed by atoms with Crippen LogP contribution in [-0.2, 0) is 6.42 Å². The summed E-state index contributed by atoms with van der Waals surface area (Å²) in [6.07, 6.45) is 5.91. The maximum atomic E-state index is 4.31. The van der Waals surface area contributed by atoms with Crippen LogP contribution in [0.1, 0.15) is 24.1 Å². The molecule has 2 heteroatoms. The Morgan fingerprint density at radius 3 is 2.71 bits per heavy atom. The Morgan fingerprint density at radius 1 is 1.29 bits per heavy atom. The molecule has 0 aromatic carbocycles. The first-order chi connectivity index (χ1) is 6.84. The molecule has 0 atom stereocenters. The van der Waals surface area contributed by atoms with Crippen molar-refractivity contribution in [3.8, 4) is 0 Å². The SMILES string of the molecule is Cc1ccc(CCN2CCCC2)cn1. The van der Waals surface area contributed by atoms with Gasteiger partial charge in [-0.25, -0.2) is 0 Å². The molecule has 1 aliphatic heterocycles. The fourth-order valence-electron chi connectivity index (χ4n) is 1.94. The van der Waals surface area contributed by atoms with Crippen molar-refractivity contribution in [1.82, 2.24) is 9.88 Å². The van der Waals surface area contributed by atoms with Crippen LogP contribution >= 0.6 is 0 Å². The summed E-state index contributed by atoms with van der Waals surface area (Å²) in [4.78, 5) is 6.85. The second-order valence-electron chi connectivity index (χ2n) is 4.11. The van der Waals surface area contributed by atoms with Gasteiger partial charge in [0.05, 0.1) is 0 Å². The molecule has 0 amide bonds. The molecule has 1 saturated heterocycles. The third-order valence-electron chi connectivity index (χ3n) is 2.89. The first-order valence-electron chi connectivity index (χ1n) is 5.48. The number of hydrogen-bond acceptors (Lipinski definition) is 2. The Kier molecular flexibility index (Phi) is 3.14. The van der Waals surface area contributed by atoms with Gasteiger partial charge >= 0.3 is 0 Å². The molecule has 1 aliphatic rings. The maximum absolute atomic E-state index is 4.31. The molecule has 2 nitrogen and oxygen atoms in total. The molecule has 0 aliphatic carbocycles. The average Bonchev–Trinajstić information content (AvgIpc) is 2.70. The van der Waals surface area contributed by atoms with Crippen LogP contribution in [0.4, 0.5) is 0 Å². The minimum absolute atomic E-state index is 1.11. The van der Waals surface area contributed by atoms with Crippen LogP contribution in [0.3, 0.4) is 0 Å². The molecule has 2 rings (SSSR count). The summed E-state index contributed by atoms with van der Waals surface area (Å²) < 4.78 is 0. The van der Waals surface area contributed by atoms with Crippen molar-refractivity contribution in [3.63, 3.8) is 0 Å². The molecule has 0 N–H and O–H groups in total. The Balaban J connectivity index is 1.82. The van der Waals surface area contributed by atoms with Gasteiger partial charge in [-0.1, -0.05) is 6.07 Å². The number of aryl methyl sites for hydroxylation is 1. The van der Waals surface area contributed by atoms with Crippen LogP contribution in [-0.4, -0.2) is 29.5 Å². The molecular formula is C12H18N2. The quantitative estimate of drug-likeness (QED) is 0.725. The second kappa shape index (κ2) is 4.56. The van der Waals surface area contributed by atoms with Crippen molar-refractivity contribution in [2.24, 2.45) is 0 Å². The molecule has 0 saturated carbocycles. The Bertz CT molecular complexity index is 273. The summed E-state index contributed by atoms with van der Waals surface area (Å²) in [7, 11) is 0. The average molecular weight is 190 g/mol. The van der Waals surface area contributed by atoms with E-state index in [1.165, 1.54) is 38.0 Å². The Hall–Kier alpha value is -0.890. The number of hydrogen-bond donors (Lipinski definition) is 0. The highest BCUT2D eigenvalue weighted by molar-refractivity contribution is 5.13. The lowest BCUT2D eigenvalue weighted by Crippen LogP contribution is -2.21. The fraction of sp³-hybridized carbons (Fsp3) is 0.583. The second-order valence-corrected chi connectivity index (χ2v) is 4.11. The number of rotatable bonds is 3. The third kappa shape index (κ3) is 2.55. The van der Waals surface area contributed by atoms with Gasteiger partial charge in [0.25, 0.3) is 0 Å². The number of aromatic nitrogens is 1. The van der Waals surface area contributed by atoms with E-state index in [4.69, 9.17) is 0 Å². The van der Waals surface area contributed by atoms with Gasteiger partial charge in [0.1, 0.15) is 0 Å². The molecule has 14 heavy (non-hydrogen) atoms. The van der Waals surface area contributed by atoms with Crippen LogP contribution in [0.25, 0.3) is 0 Å². The summed E-state index contributed by atoms with van der Waals surface area (Å²) in [6, 6.07) is 4.29. The molecule has 76 valence electrons. The zero-order chi connectivity index (χ0) is 9.80. The van der Waals surface area contributed by atoms with Crippen molar-refractivity contribution < 1.29 is 0 Å². The molecule has 1 aromatic rings. The van der Waals surface area contributed by atoms with E-state index >= 15 is 0 Å². The first kappa shape index (κ1) is 9.66. The van der Waals surface area contributed by atoms with Gasteiger partial charge in [-0.3, -0.25) is 4.98 Å². The number of pyridine rings is 1. The van der Waals surface area contributed by atoms with Gasteiger partial charge in [-0.05, 0) is 50.9 Å². The fourth-order valence-corrected chi connectivity index (χ4v) is 1.94. The zero-order valence-corrected chi connectivity index (χ0v) is 8.87. The number of likely N-dealkylation sites (tertiary alicyclic amines) is 1. The third-order valence-corrected chi connectivity index (χ3v) is 2.89. The van der Waals surface area contributed by atoms with Crippen LogP contribution < -0.4 is 0 Å². The monoisotopic (exact) mass is 190 g/mol. The smallest absolute Gasteiger partial charge is 0.0372 e. The predicted molar refractivity (Wildman–Crippen MR) is 58.4 cm³/mol. The van der Waals surface area contributed by atoms with Crippen molar-refractivity contribution in [2.45, 2.75) is 26.2 Å². The molecule has 0 bridgehead atoms. The van der Waals surface area contributed by atoms with Crippen LogP contribution in [0.2, 0.25) is 0 Å². The molecule has 0 radical (unpaired) electrons. The molecule has 1 aromatic heterocycles. The molecule has 0 unspecified atom stereocenters. The highest BCUT2D eigenvalue weighted by Gasteiger charge is 2.10. The lowest BCUT2D eigenvalue weighted by atomic mass is 10.2. The summed E-state index contributed by atoms with van der Waals surface area (Å²) in [6.45, 7) is 5.81. The maximum Gasteiger partial charge on any atom is 0.0372 e. The predicted octanol–water partition coefficient (Wildman–Crippen LogP) is 2.03. The molecule has 1 fully saturated rings. The van der Waals surface area contributed by atoms with Gasteiger partial charge in [0.15, 0.2) is 0 Å². The standard InChI is InChI=1S/C12H18N2/c1-11-4-5-12(10-13-11)6-9-14-7-2-3-8-14/h4-5,10H,2-3,6-9H2,1H3. The van der Waals surface area contributed by atoms with Gasteiger partial charge in [0.2, 0.25) is 0 Å². The minimum atomic E-state index is 1.11. The summed E-state index contributed by atoms with van der Waals surface area (Å²) in [5.74, 6) is 0. The van der Waals surface area contributed by atoms with Crippen LogP contribution in [0.5, 0.6) is 0 Å². The highest BCUT2D eigenvalue weighted by atomic mass is 15.1. The molecular weight excluding hydrogens is 172 g/mol. The van der Waals surface area contributed by atoms with E-state index in [0.717, 1.165) is 12.1 Å². The summed E-state index contributed by atoms with van der Waals surface area (Å²) in [5.41, 5.74) is 2.47. The molecule has 0 spiro atoms. The van der Waals surface area contributed by atoms with Crippen molar-refractivity contribution >= 4 is 0 Å². The largest absolute Gasteiger partial charge is 0.303 e. The van der Waals surface area contributed by atoms with Gasteiger partial charge < -0.3 is 4.90 Å². The molecule has 2 heterocycles. The van der Waals surface area contributed by atoms with E-state index < -0.39 is 0 Å². The van der Waals surface area contributed by atoms with E-state index in [1.807, 2.05) is 13.1 Å². The van der Waals surface area contributed by atoms with Gasteiger partial charge in [-0.15, -0.1) is 0 Å². The van der Waals surface area contributed by atoms with E-state index in [-0.39, 0.29) is 0 Å². The zero-order valence-electron chi connectivity index (χ0n) is 8.87. The van der Waals surface area contributed by atoms with Gasteiger partial charge in [0, 0.05) is 18.4 Å². The van der Waals surface area contributed by atoms with E-state index in [2.05, 4.69) is 22.0 Å². The van der Waals surface area contributed by atoms with E-state index in [1.54, 1.807) is 0 Å². The van der Waals surface area contributed by atoms with E-state index in [0.29, 0.717) is 0 Å². The summed E-state index contributed by atoms with van der Waals surface area (Å²) >= 11 is 0.